The van der Waals surface area contributed by atoms with Crippen LogP contribution in [0.15, 0.2) is 42.5 Å². The number of ether oxygens (including phenoxy) is 1. The third kappa shape index (κ3) is 4.21. The Labute approximate surface area is 206 Å². The summed E-state index contributed by atoms with van der Waals surface area (Å²) in [6, 6.07) is 12.3. The second-order valence-electron chi connectivity index (χ2n) is 8.42. The number of hydrogen-bond donors (Lipinski definition) is 1. The van der Waals surface area contributed by atoms with Crippen LogP contribution in [0.2, 0.25) is 5.02 Å². The van der Waals surface area contributed by atoms with Gasteiger partial charge in [0.05, 0.1) is 24.7 Å². The Morgan fingerprint density at radius 2 is 1.91 bits per heavy atom. The number of methoxy groups -OCH3 is 1. The molecule has 1 amide bonds. The highest BCUT2D eigenvalue weighted by molar-refractivity contribution is 7.15. The zero-order valence-electron chi connectivity index (χ0n) is 19.0. The van der Waals surface area contributed by atoms with Crippen LogP contribution < -0.4 is 10.1 Å². The van der Waals surface area contributed by atoms with Crippen molar-refractivity contribution >= 4 is 50.8 Å². The second-order valence-corrected chi connectivity index (χ2v) is 9.94. The van der Waals surface area contributed by atoms with E-state index in [2.05, 4.69) is 10.3 Å². The highest BCUT2D eigenvalue weighted by Gasteiger charge is 2.23. The fourth-order valence-electron chi connectivity index (χ4n) is 4.53. The SMILES string of the molecule is COc1ccc2c(c1)c(CC(=O)Nc1nc3c(s1)CCCC3)c(C)n2C(=O)c1ccc(Cl)cc1. The molecular formula is C26H24ClN3O3S. The Kier molecular flexibility index (Phi) is 6.15. The molecule has 8 heteroatoms. The minimum atomic E-state index is -0.177. The molecule has 0 saturated carbocycles. The maximum absolute atomic E-state index is 13.4. The number of halogens is 1. The highest BCUT2D eigenvalue weighted by atomic mass is 35.5. The summed E-state index contributed by atoms with van der Waals surface area (Å²) in [5.74, 6) is 0.330. The molecule has 0 unspecified atom stereocenters. The maximum atomic E-state index is 13.4. The van der Waals surface area contributed by atoms with E-state index < -0.39 is 0 Å². The summed E-state index contributed by atoms with van der Waals surface area (Å²) in [6.07, 6.45) is 4.45. The molecule has 2 aromatic heterocycles. The van der Waals surface area contributed by atoms with Gasteiger partial charge in [-0.05, 0) is 80.6 Å². The van der Waals surface area contributed by atoms with E-state index in [1.165, 1.54) is 11.3 Å². The van der Waals surface area contributed by atoms with E-state index in [9.17, 15) is 9.59 Å². The van der Waals surface area contributed by atoms with Crippen molar-refractivity contribution in [3.63, 3.8) is 0 Å². The fraction of sp³-hybridized carbons (Fsp3) is 0.269. The van der Waals surface area contributed by atoms with Crippen molar-refractivity contribution < 1.29 is 14.3 Å². The first-order chi connectivity index (χ1) is 16.4. The van der Waals surface area contributed by atoms with Crippen molar-refractivity contribution in [1.82, 2.24) is 9.55 Å². The predicted molar refractivity (Wildman–Crippen MR) is 135 cm³/mol. The number of rotatable bonds is 5. The number of aromatic nitrogens is 2. The summed E-state index contributed by atoms with van der Waals surface area (Å²) < 4.78 is 7.07. The van der Waals surface area contributed by atoms with Gasteiger partial charge in [0.2, 0.25) is 5.91 Å². The van der Waals surface area contributed by atoms with Crippen molar-refractivity contribution in [1.29, 1.82) is 0 Å². The number of amides is 1. The summed E-state index contributed by atoms with van der Waals surface area (Å²) in [7, 11) is 1.60. The van der Waals surface area contributed by atoms with Gasteiger partial charge in [-0.2, -0.15) is 0 Å². The van der Waals surface area contributed by atoms with E-state index in [0.29, 0.717) is 21.5 Å². The van der Waals surface area contributed by atoms with Crippen molar-refractivity contribution in [2.24, 2.45) is 0 Å². The minimum absolute atomic E-state index is 0.126. The lowest BCUT2D eigenvalue weighted by Crippen LogP contribution is -2.16. The summed E-state index contributed by atoms with van der Waals surface area (Å²) >= 11 is 7.57. The van der Waals surface area contributed by atoms with Crippen LogP contribution in [0.1, 0.15) is 45.0 Å². The first-order valence-electron chi connectivity index (χ1n) is 11.2. The minimum Gasteiger partial charge on any atom is -0.497 e. The van der Waals surface area contributed by atoms with Gasteiger partial charge < -0.3 is 10.1 Å². The molecule has 1 N–H and O–H groups in total. The number of hydrogen-bond acceptors (Lipinski definition) is 5. The lowest BCUT2D eigenvalue weighted by molar-refractivity contribution is -0.115. The molecule has 174 valence electrons. The number of nitrogens with zero attached hydrogens (tertiary/aromatic N) is 2. The number of fused-ring (bicyclic) bond motifs is 2. The van der Waals surface area contributed by atoms with Gasteiger partial charge in [-0.1, -0.05) is 11.6 Å². The first kappa shape index (κ1) is 22.6. The topological polar surface area (TPSA) is 73.2 Å². The average Bonchev–Trinajstić information content (AvgIpc) is 3.36. The number of carbonyl (C=O) groups is 2. The summed E-state index contributed by atoms with van der Waals surface area (Å²) in [6.45, 7) is 1.87. The number of nitrogens with one attached hydrogen (secondary N) is 1. The number of benzene rings is 2. The number of carbonyl (C=O) groups excluding carboxylic acids is 2. The van der Waals surface area contributed by atoms with Gasteiger partial charge >= 0.3 is 0 Å². The van der Waals surface area contributed by atoms with Crippen molar-refractivity contribution in [2.75, 3.05) is 12.4 Å². The highest BCUT2D eigenvalue weighted by Crippen LogP contribution is 2.32. The molecule has 0 atom stereocenters. The van der Waals surface area contributed by atoms with Crippen LogP contribution in [-0.4, -0.2) is 28.5 Å². The van der Waals surface area contributed by atoms with Gasteiger partial charge in [-0.25, -0.2) is 4.98 Å². The van der Waals surface area contributed by atoms with Crippen molar-refractivity contribution in [2.45, 2.75) is 39.0 Å². The van der Waals surface area contributed by atoms with E-state index in [0.717, 1.165) is 47.1 Å². The standard InChI is InChI=1S/C26H24ClN3O3S/c1-15-19(14-24(31)29-26-28-21-5-3-4-6-23(21)34-26)20-13-18(33-2)11-12-22(20)30(15)25(32)16-7-9-17(27)10-8-16/h7-13H,3-6,14H2,1-2H3,(H,28,29,31). The first-order valence-corrected chi connectivity index (χ1v) is 12.4. The molecule has 2 aromatic carbocycles. The van der Waals surface area contributed by atoms with Gasteiger partial charge in [0.25, 0.3) is 5.91 Å². The molecule has 0 spiro atoms. The monoisotopic (exact) mass is 493 g/mol. The summed E-state index contributed by atoms with van der Waals surface area (Å²) in [4.78, 5) is 32.4. The number of anilines is 1. The third-order valence-corrected chi connectivity index (χ3v) is 7.59. The van der Waals surface area contributed by atoms with Gasteiger partial charge in [0.1, 0.15) is 5.75 Å². The molecule has 5 rings (SSSR count). The van der Waals surface area contributed by atoms with E-state index >= 15 is 0 Å². The Bertz CT molecular complexity index is 1380. The number of thiazole rings is 1. The molecule has 4 aromatic rings. The molecule has 0 saturated heterocycles. The van der Waals surface area contributed by atoms with Gasteiger partial charge in [-0.3, -0.25) is 14.2 Å². The smallest absolute Gasteiger partial charge is 0.262 e. The van der Waals surface area contributed by atoms with Crippen LogP contribution in [0.25, 0.3) is 10.9 Å². The molecule has 0 bridgehead atoms. The number of aryl methyl sites for hydroxylation is 2. The van der Waals surface area contributed by atoms with E-state index in [-0.39, 0.29) is 18.2 Å². The zero-order valence-corrected chi connectivity index (χ0v) is 20.6. The van der Waals surface area contributed by atoms with Gasteiger partial charge in [-0.15, -0.1) is 11.3 Å². The van der Waals surface area contributed by atoms with E-state index in [1.807, 2.05) is 25.1 Å². The Hall–Kier alpha value is -3.16. The Morgan fingerprint density at radius 1 is 1.15 bits per heavy atom. The Morgan fingerprint density at radius 3 is 2.65 bits per heavy atom. The molecule has 1 aliphatic rings. The van der Waals surface area contributed by atoms with Crippen molar-refractivity contribution in [3.05, 3.63) is 74.9 Å². The van der Waals surface area contributed by atoms with E-state index in [4.69, 9.17) is 16.3 Å². The molecule has 0 aliphatic heterocycles. The molecule has 34 heavy (non-hydrogen) atoms. The molecule has 2 heterocycles. The van der Waals surface area contributed by atoms with Crippen molar-refractivity contribution in [3.8, 4) is 5.75 Å². The zero-order chi connectivity index (χ0) is 23.8. The fourth-order valence-corrected chi connectivity index (χ4v) is 5.72. The molecular weight excluding hydrogens is 470 g/mol. The van der Waals surface area contributed by atoms with E-state index in [1.54, 1.807) is 47.3 Å². The van der Waals surface area contributed by atoms with Crippen LogP contribution >= 0.6 is 22.9 Å². The molecule has 1 aliphatic carbocycles. The normalized spacial score (nSPS) is 13.0. The molecule has 6 nitrogen and oxygen atoms in total. The van der Waals surface area contributed by atoms with Gasteiger partial charge in [0, 0.05) is 26.5 Å². The lowest BCUT2D eigenvalue weighted by atomic mass is 10.0. The quantitative estimate of drug-likeness (QED) is 0.380. The Balaban J connectivity index is 1.50. The third-order valence-electron chi connectivity index (χ3n) is 6.27. The second kappa shape index (κ2) is 9.24. The molecule has 0 fully saturated rings. The molecule has 0 radical (unpaired) electrons. The summed E-state index contributed by atoms with van der Waals surface area (Å²) in [5.41, 5.74) is 3.86. The van der Waals surface area contributed by atoms with Crippen LogP contribution in [-0.2, 0) is 24.1 Å². The largest absolute Gasteiger partial charge is 0.497 e. The van der Waals surface area contributed by atoms with Crippen LogP contribution in [0.3, 0.4) is 0 Å². The predicted octanol–water partition coefficient (Wildman–Crippen LogP) is 5.82. The van der Waals surface area contributed by atoms with Crippen LogP contribution in [0.4, 0.5) is 5.13 Å². The van der Waals surface area contributed by atoms with Gasteiger partial charge in [0.15, 0.2) is 5.13 Å². The average molecular weight is 494 g/mol. The lowest BCUT2D eigenvalue weighted by Gasteiger charge is -2.08. The summed E-state index contributed by atoms with van der Waals surface area (Å²) in [5, 5.41) is 5.00. The van der Waals surface area contributed by atoms with Crippen LogP contribution in [0.5, 0.6) is 5.75 Å². The van der Waals surface area contributed by atoms with Crippen LogP contribution in [0, 0.1) is 6.92 Å². The maximum Gasteiger partial charge on any atom is 0.262 e.